The molecule has 0 nitrogen and oxygen atoms in total. The smallest absolute Gasteiger partial charge is 0.00262 e. The minimum atomic E-state index is 1.21. The Morgan fingerprint density at radius 3 is 0.610 bits per heavy atom. The summed E-state index contributed by atoms with van der Waals surface area (Å²) in [6.45, 7) is 0. The van der Waals surface area contributed by atoms with Gasteiger partial charge >= 0.3 is 0 Å². The summed E-state index contributed by atoms with van der Waals surface area (Å²) in [7, 11) is 0. The topological polar surface area (TPSA) is 0 Å². The molecule has 0 saturated carbocycles. The predicted octanol–water partition coefficient (Wildman–Crippen LogP) is 28.1. The van der Waals surface area contributed by atoms with Crippen LogP contribution in [0.2, 0.25) is 0 Å². The average Bonchev–Trinajstić information content (AvgIpc) is 0.740. The summed E-state index contributed by atoms with van der Waals surface area (Å²) < 4.78 is 0. The minimum Gasteiger partial charge on any atom is -0.0622 e. The highest BCUT2D eigenvalue weighted by molar-refractivity contribution is 6.23. The summed E-state index contributed by atoms with van der Waals surface area (Å²) in [5.74, 6) is 0. The maximum atomic E-state index is 2.39. The van der Waals surface area contributed by atoms with Crippen molar-refractivity contribution in [3.05, 3.63) is 400 Å². The summed E-state index contributed by atoms with van der Waals surface area (Å²) >= 11 is 0. The van der Waals surface area contributed by atoms with Gasteiger partial charge in [-0.15, -0.1) is 0 Å². The normalized spacial score (nSPS) is 11.4. The lowest BCUT2D eigenvalue weighted by Gasteiger charge is -2.18. The molecule has 0 aliphatic carbocycles. The van der Waals surface area contributed by atoms with Crippen LogP contribution in [0, 0.1) is 0 Å². The summed E-state index contributed by atoms with van der Waals surface area (Å²) in [6, 6.07) is 146. The van der Waals surface area contributed by atoms with Gasteiger partial charge in [-0.3, -0.25) is 0 Å². The Hall–Kier alpha value is -13.0. The lowest BCUT2D eigenvalue weighted by molar-refractivity contribution is 1.57. The average molecular weight is 1270 g/mol. The van der Waals surface area contributed by atoms with E-state index in [0.717, 1.165) is 0 Å². The van der Waals surface area contributed by atoms with Crippen molar-refractivity contribution < 1.29 is 0 Å². The first-order valence-electron chi connectivity index (χ1n) is 34.6. The van der Waals surface area contributed by atoms with E-state index in [-0.39, 0.29) is 0 Å². The zero-order chi connectivity index (χ0) is 66.3. The van der Waals surface area contributed by atoms with E-state index in [1.807, 2.05) is 0 Å². The minimum absolute atomic E-state index is 1.21. The highest BCUT2D eigenvalue weighted by Gasteiger charge is 2.20. The molecule has 0 radical (unpaired) electrons. The monoisotopic (exact) mass is 1270 g/mol. The van der Waals surface area contributed by atoms with Gasteiger partial charge in [0.2, 0.25) is 0 Å². The Labute approximate surface area is 583 Å². The molecule has 19 aromatic rings. The predicted molar refractivity (Wildman–Crippen MR) is 430 cm³/mol. The first kappa shape index (κ1) is 59.5. The Balaban J connectivity index is 0.000000146. The lowest BCUT2D eigenvalue weighted by atomic mass is 9.85. The van der Waals surface area contributed by atoms with E-state index in [1.165, 1.54) is 187 Å². The van der Waals surface area contributed by atoms with Gasteiger partial charge in [0.1, 0.15) is 0 Å². The number of hydrogen-bond donors (Lipinski definition) is 0. The van der Waals surface area contributed by atoms with Gasteiger partial charge in [0.25, 0.3) is 0 Å². The molecule has 0 unspecified atom stereocenters. The molecule has 0 heteroatoms. The van der Waals surface area contributed by atoms with Gasteiger partial charge in [-0.2, -0.15) is 0 Å². The van der Waals surface area contributed by atoms with Crippen LogP contribution in [0.1, 0.15) is 0 Å². The van der Waals surface area contributed by atoms with E-state index in [4.69, 9.17) is 0 Å². The first-order chi connectivity index (χ1) is 49.6. The van der Waals surface area contributed by atoms with Crippen LogP contribution in [-0.4, -0.2) is 0 Å². The van der Waals surface area contributed by atoms with Gasteiger partial charge in [0.05, 0.1) is 0 Å². The zero-order valence-corrected chi connectivity index (χ0v) is 55.1. The number of fused-ring (bicyclic) bond motifs is 7. The van der Waals surface area contributed by atoms with Gasteiger partial charge in [-0.1, -0.05) is 352 Å². The number of rotatable bonds is 10. The van der Waals surface area contributed by atoms with Crippen LogP contribution in [0.15, 0.2) is 400 Å². The van der Waals surface area contributed by atoms with E-state index in [9.17, 15) is 0 Å². The Morgan fingerprint density at radius 1 is 0.0900 bits per heavy atom. The van der Waals surface area contributed by atoms with Crippen molar-refractivity contribution in [3.63, 3.8) is 0 Å². The van der Waals surface area contributed by atoms with Crippen molar-refractivity contribution in [2.45, 2.75) is 0 Å². The molecule has 0 atom stereocenters. The maximum absolute atomic E-state index is 2.39. The molecule has 0 bridgehead atoms. The molecule has 0 spiro atoms. The van der Waals surface area contributed by atoms with Crippen LogP contribution in [0.3, 0.4) is 0 Å². The molecule has 0 aliphatic heterocycles. The van der Waals surface area contributed by atoms with Gasteiger partial charge in [-0.05, 0) is 235 Å². The molecule has 466 valence electrons. The van der Waals surface area contributed by atoms with E-state index < -0.39 is 0 Å². The van der Waals surface area contributed by atoms with Crippen molar-refractivity contribution in [3.8, 4) is 111 Å². The Bertz CT molecular complexity index is 6100. The van der Waals surface area contributed by atoms with Gasteiger partial charge in [0, 0.05) is 0 Å². The summed E-state index contributed by atoms with van der Waals surface area (Å²) in [5, 5.41) is 17.6. The van der Waals surface area contributed by atoms with E-state index in [0.29, 0.717) is 0 Å². The summed E-state index contributed by atoms with van der Waals surface area (Å²) in [6.07, 6.45) is 0. The fraction of sp³-hybridized carbons (Fsp3) is 0. The molecule has 0 aliphatic rings. The molecular formula is C100H66. The third-order valence-corrected chi connectivity index (χ3v) is 20.2. The fourth-order valence-electron chi connectivity index (χ4n) is 15.3. The molecular weight excluding hydrogens is 1200 g/mol. The van der Waals surface area contributed by atoms with Crippen LogP contribution in [-0.2, 0) is 0 Å². The highest BCUT2D eigenvalue weighted by Crippen LogP contribution is 2.47. The van der Waals surface area contributed by atoms with Crippen LogP contribution in [0.5, 0.6) is 0 Å². The van der Waals surface area contributed by atoms with Crippen molar-refractivity contribution in [2.24, 2.45) is 0 Å². The highest BCUT2D eigenvalue weighted by atomic mass is 14.2. The largest absolute Gasteiger partial charge is 0.0622 e. The molecule has 0 fully saturated rings. The molecule has 0 amide bonds. The Morgan fingerprint density at radius 2 is 0.280 bits per heavy atom. The lowest BCUT2D eigenvalue weighted by Crippen LogP contribution is -1.91. The van der Waals surface area contributed by atoms with E-state index in [2.05, 4.69) is 400 Å². The van der Waals surface area contributed by atoms with Crippen molar-refractivity contribution in [2.75, 3.05) is 0 Å². The summed E-state index contributed by atoms with van der Waals surface area (Å²) in [4.78, 5) is 0. The molecule has 19 aromatic carbocycles. The van der Waals surface area contributed by atoms with E-state index in [1.54, 1.807) is 0 Å². The second-order valence-electron chi connectivity index (χ2n) is 26.2. The summed E-state index contributed by atoms with van der Waals surface area (Å²) in [5.41, 5.74) is 24.7. The quantitative estimate of drug-likeness (QED) is 0.120. The van der Waals surface area contributed by atoms with Crippen molar-refractivity contribution in [1.82, 2.24) is 0 Å². The number of hydrogen-bond acceptors (Lipinski definition) is 0. The van der Waals surface area contributed by atoms with Crippen LogP contribution in [0.25, 0.3) is 187 Å². The van der Waals surface area contributed by atoms with Gasteiger partial charge < -0.3 is 0 Å². The van der Waals surface area contributed by atoms with Crippen LogP contribution in [0.4, 0.5) is 0 Å². The van der Waals surface area contributed by atoms with E-state index >= 15 is 0 Å². The molecule has 19 rings (SSSR count). The van der Waals surface area contributed by atoms with Gasteiger partial charge in [0.15, 0.2) is 0 Å². The first-order valence-corrected chi connectivity index (χ1v) is 34.6. The molecule has 0 N–H and O–H groups in total. The van der Waals surface area contributed by atoms with Gasteiger partial charge in [-0.25, -0.2) is 0 Å². The maximum Gasteiger partial charge on any atom is -0.00262 e. The molecule has 100 heavy (non-hydrogen) atoms. The molecule has 0 heterocycles. The third-order valence-electron chi connectivity index (χ3n) is 20.2. The van der Waals surface area contributed by atoms with Crippen LogP contribution >= 0.6 is 0 Å². The standard InChI is InChI=1S/C54H36.C46H30/c1-4-14-37(15-5-1)40-24-28-42(29-25-40)53-49-20-10-12-22-51(49)54(52-23-13-11-21-50(52)53)44-31-27-41-26-30-43(32-45(41)33-44)48-35-46(38-16-6-2-7-17-38)34-47(36-48)39-18-8-3-9-19-39;1-2-10-31(11-3-1)33-18-23-35(24-19-33)45-41-14-6-8-16-43(41)46(44-17-9-7-15-42(44)45)39-27-22-34-21-26-38(29-40(34)30-39)37-25-20-32-12-4-5-13-36(32)28-37/h1-36H;1-30H. The molecule has 0 saturated heterocycles. The van der Waals surface area contributed by atoms with Crippen molar-refractivity contribution in [1.29, 1.82) is 0 Å². The second-order valence-corrected chi connectivity index (χ2v) is 26.2. The van der Waals surface area contributed by atoms with Crippen LogP contribution < -0.4 is 0 Å². The second kappa shape index (κ2) is 25.9. The van der Waals surface area contributed by atoms with Crippen molar-refractivity contribution >= 4 is 75.4 Å². The fourth-order valence-corrected chi connectivity index (χ4v) is 15.3. The SMILES string of the molecule is c1ccc(-c2ccc(-c3c4ccccc4c(-c4ccc5ccc(-c6cc(-c7ccccc7)cc(-c7ccccc7)c6)cc5c4)c4ccccc34)cc2)cc1.c1ccc(-c2ccc(-c3c4ccccc4c(-c4ccc5ccc(-c6ccc7ccccc7c6)cc5c4)c4ccccc34)cc2)cc1. The Kier molecular flexibility index (Phi) is 15.4. The molecule has 0 aromatic heterocycles. The number of benzene rings is 19. The zero-order valence-electron chi connectivity index (χ0n) is 55.1. The third kappa shape index (κ3) is 11.2.